The Bertz CT molecular complexity index is 477. The van der Waals surface area contributed by atoms with Crippen LogP contribution in [0, 0.1) is 5.41 Å². The molecule has 0 spiro atoms. The van der Waals surface area contributed by atoms with Crippen molar-refractivity contribution >= 4 is 0 Å². The van der Waals surface area contributed by atoms with Gasteiger partial charge in [-0.25, -0.2) is 0 Å². The summed E-state index contributed by atoms with van der Waals surface area (Å²) in [7, 11) is 0. The van der Waals surface area contributed by atoms with Crippen molar-refractivity contribution in [3.63, 3.8) is 0 Å². The molecular weight excluding hydrogens is 240 g/mol. The van der Waals surface area contributed by atoms with E-state index in [9.17, 15) is 0 Å². The van der Waals surface area contributed by atoms with Crippen LogP contribution in [0.3, 0.4) is 0 Å². The van der Waals surface area contributed by atoms with Gasteiger partial charge in [0.15, 0.2) is 0 Å². The molecule has 0 bridgehead atoms. The molecule has 0 aliphatic carbocycles. The Morgan fingerprint density at radius 1 is 0.700 bits per heavy atom. The molecule has 106 valence electrons. The maximum Gasteiger partial charge on any atom is 0.0205 e. The second-order valence-electron chi connectivity index (χ2n) is 6.91. The molecule has 0 aliphatic heterocycles. The fourth-order valence-corrected chi connectivity index (χ4v) is 3.32. The first kappa shape index (κ1) is 14.8. The Morgan fingerprint density at radius 2 is 1.10 bits per heavy atom. The number of hydrogen-bond acceptors (Lipinski definition) is 0. The fourth-order valence-electron chi connectivity index (χ4n) is 3.32. The van der Waals surface area contributed by atoms with Crippen molar-refractivity contribution in [3.05, 3.63) is 71.8 Å². The first-order valence-electron chi connectivity index (χ1n) is 7.59. The van der Waals surface area contributed by atoms with Gasteiger partial charge in [-0.15, -0.1) is 0 Å². The molecule has 2 rings (SSSR count). The number of benzene rings is 2. The van der Waals surface area contributed by atoms with E-state index in [0.29, 0.717) is 5.41 Å². The van der Waals surface area contributed by atoms with Crippen LogP contribution in [-0.4, -0.2) is 0 Å². The molecule has 0 nitrogen and oxygen atoms in total. The lowest BCUT2D eigenvalue weighted by Gasteiger charge is -2.39. The van der Waals surface area contributed by atoms with Crippen molar-refractivity contribution in [2.24, 2.45) is 5.41 Å². The molecular formula is C20H26. The summed E-state index contributed by atoms with van der Waals surface area (Å²) in [5.41, 5.74) is 3.27. The molecule has 0 saturated heterocycles. The van der Waals surface area contributed by atoms with Gasteiger partial charge in [-0.3, -0.25) is 0 Å². The molecule has 0 N–H and O–H groups in total. The monoisotopic (exact) mass is 266 g/mol. The molecule has 0 saturated carbocycles. The van der Waals surface area contributed by atoms with E-state index in [1.807, 2.05) is 0 Å². The maximum atomic E-state index is 2.34. The van der Waals surface area contributed by atoms with Gasteiger partial charge in [0.25, 0.3) is 0 Å². The van der Waals surface area contributed by atoms with Crippen LogP contribution in [-0.2, 0) is 5.41 Å². The second kappa shape index (κ2) is 5.83. The van der Waals surface area contributed by atoms with Gasteiger partial charge in [0.05, 0.1) is 0 Å². The highest BCUT2D eigenvalue weighted by atomic mass is 14.4. The Morgan fingerprint density at radius 3 is 1.40 bits per heavy atom. The van der Waals surface area contributed by atoms with Crippen LogP contribution < -0.4 is 0 Å². The predicted molar refractivity (Wildman–Crippen MR) is 88.0 cm³/mol. The molecule has 0 aromatic heterocycles. The standard InChI is InChI=1S/C20H26/c1-5-20(16-19(2,3)4,17-12-8-6-9-13-17)18-14-10-7-11-15-18/h6-15H,5,16H2,1-4H3. The Hall–Kier alpha value is -1.56. The molecule has 0 unspecified atom stereocenters. The second-order valence-corrected chi connectivity index (χ2v) is 6.91. The lowest BCUT2D eigenvalue weighted by molar-refractivity contribution is 0.279. The Balaban J connectivity index is 2.58. The fraction of sp³-hybridized carbons (Fsp3) is 0.400. The molecule has 0 fully saturated rings. The molecule has 2 aromatic rings. The zero-order chi connectivity index (χ0) is 14.6. The normalized spacial score (nSPS) is 12.4. The summed E-state index contributed by atoms with van der Waals surface area (Å²) in [6.45, 7) is 9.32. The van der Waals surface area contributed by atoms with Crippen LogP contribution in [0.4, 0.5) is 0 Å². The highest BCUT2D eigenvalue weighted by molar-refractivity contribution is 5.39. The first-order valence-corrected chi connectivity index (χ1v) is 7.59. The quantitative estimate of drug-likeness (QED) is 0.654. The molecule has 0 heterocycles. The summed E-state index contributed by atoms with van der Waals surface area (Å²) in [4.78, 5) is 0. The highest BCUT2D eigenvalue weighted by Gasteiger charge is 2.36. The molecule has 0 aliphatic rings. The smallest absolute Gasteiger partial charge is 0.0205 e. The predicted octanol–water partition coefficient (Wildman–Crippen LogP) is 5.82. The average molecular weight is 266 g/mol. The van der Waals surface area contributed by atoms with Gasteiger partial charge < -0.3 is 0 Å². The number of rotatable bonds is 4. The van der Waals surface area contributed by atoms with Crippen LogP contribution in [0.1, 0.15) is 51.7 Å². The van der Waals surface area contributed by atoms with Gasteiger partial charge >= 0.3 is 0 Å². The van der Waals surface area contributed by atoms with Gasteiger partial charge in [-0.2, -0.15) is 0 Å². The minimum absolute atomic E-state index is 0.112. The van der Waals surface area contributed by atoms with Crippen LogP contribution in [0.5, 0.6) is 0 Å². The van der Waals surface area contributed by atoms with E-state index in [-0.39, 0.29) is 5.41 Å². The molecule has 20 heavy (non-hydrogen) atoms. The SMILES string of the molecule is CCC(CC(C)(C)C)(c1ccccc1)c1ccccc1. The van der Waals surface area contributed by atoms with Crippen molar-refractivity contribution in [2.45, 2.75) is 46.0 Å². The third-order valence-corrected chi connectivity index (χ3v) is 4.09. The zero-order valence-electron chi connectivity index (χ0n) is 13.2. The molecule has 0 atom stereocenters. The van der Waals surface area contributed by atoms with Gasteiger partial charge in [0, 0.05) is 5.41 Å². The van der Waals surface area contributed by atoms with E-state index in [0.717, 1.165) is 12.8 Å². The van der Waals surface area contributed by atoms with E-state index >= 15 is 0 Å². The van der Waals surface area contributed by atoms with Gasteiger partial charge in [0.2, 0.25) is 0 Å². The van der Waals surface area contributed by atoms with E-state index < -0.39 is 0 Å². The van der Waals surface area contributed by atoms with E-state index in [1.165, 1.54) is 11.1 Å². The Kier molecular flexibility index (Phi) is 4.32. The van der Waals surface area contributed by atoms with Crippen LogP contribution in [0.25, 0.3) is 0 Å². The average Bonchev–Trinajstić information content (AvgIpc) is 2.46. The summed E-state index contributed by atoms with van der Waals surface area (Å²) >= 11 is 0. The van der Waals surface area contributed by atoms with Gasteiger partial charge in [-0.05, 0) is 29.4 Å². The van der Waals surface area contributed by atoms with Crippen molar-refractivity contribution in [2.75, 3.05) is 0 Å². The molecule has 0 amide bonds. The van der Waals surface area contributed by atoms with Crippen molar-refractivity contribution in [1.82, 2.24) is 0 Å². The van der Waals surface area contributed by atoms with Gasteiger partial charge in [-0.1, -0.05) is 88.4 Å². The van der Waals surface area contributed by atoms with Crippen LogP contribution >= 0.6 is 0 Å². The van der Waals surface area contributed by atoms with Crippen molar-refractivity contribution < 1.29 is 0 Å². The van der Waals surface area contributed by atoms with Crippen LogP contribution in [0.2, 0.25) is 0 Å². The zero-order valence-corrected chi connectivity index (χ0v) is 13.2. The lowest BCUT2D eigenvalue weighted by Crippen LogP contribution is -2.32. The van der Waals surface area contributed by atoms with E-state index in [1.54, 1.807) is 0 Å². The molecule has 0 radical (unpaired) electrons. The topological polar surface area (TPSA) is 0 Å². The third kappa shape index (κ3) is 3.12. The summed E-state index contributed by atoms with van der Waals surface area (Å²) in [5, 5.41) is 0. The first-order chi connectivity index (χ1) is 9.48. The summed E-state index contributed by atoms with van der Waals surface area (Å²) in [6, 6.07) is 22.0. The summed E-state index contributed by atoms with van der Waals surface area (Å²) < 4.78 is 0. The number of hydrogen-bond donors (Lipinski definition) is 0. The third-order valence-electron chi connectivity index (χ3n) is 4.09. The lowest BCUT2D eigenvalue weighted by atomic mass is 9.64. The Labute approximate surface area is 123 Å². The minimum atomic E-state index is 0.112. The maximum absolute atomic E-state index is 2.34. The van der Waals surface area contributed by atoms with Crippen LogP contribution in [0.15, 0.2) is 60.7 Å². The largest absolute Gasteiger partial charge is 0.0642 e. The highest BCUT2D eigenvalue weighted by Crippen LogP contribution is 2.44. The minimum Gasteiger partial charge on any atom is -0.0642 e. The molecule has 2 aromatic carbocycles. The summed E-state index contributed by atoms with van der Waals surface area (Å²) in [6.07, 6.45) is 2.28. The van der Waals surface area contributed by atoms with Gasteiger partial charge in [0.1, 0.15) is 0 Å². The molecule has 0 heteroatoms. The summed E-state index contributed by atoms with van der Waals surface area (Å²) in [5.74, 6) is 0. The van der Waals surface area contributed by atoms with Crippen molar-refractivity contribution in [1.29, 1.82) is 0 Å². The van der Waals surface area contributed by atoms with E-state index in [2.05, 4.69) is 88.4 Å². The van der Waals surface area contributed by atoms with Crippen molar-refractivity contribution in [3.8, 4) is 0 Å². The van der Waals surface area contributed by atoms with E-state index in [4.69, 9.17) is 0 Å².